The zero-order valence-electron chi connectivity index (χ0n) is 18.1. The lowest BCUT2D eigenvalue weighted by atomic mass is 10.2. The van der Waals surface area contributed by atoms with E-state index in [0.29, 0.717) is 29.6 Å². The van der Waals surface area contributed by atoms with E-state index in [1.54, 1.807) is 12.3 Å². The smallest absolute Gasteiger partial charge is 0.410 e. The van der Waals surface area contributed by atoms with Gasteiger partial charge in [-0.05, 0) is 18.1 Å². The molecule has 3 N–H and O–H groups in total. The van der Waals surface area contributed by atoms with Gasteiger partial charge in [0.15, 0.2) is 17.5 Å². The molecular formula is C20H27ClN8O3. The van der Waals surface area contributed by atoms with E-state index in [1.165, 1.54) is 6.20 Å². The first-order chi connectivity index (χ1) is 15.4. The molecule has 1 atom stereocenters. The number of amides is 1. The fraction of sp³-hybridized carbons (Fsp3) is 0.500. The summed E-state index contributed by atoms with van der Waals surface area (Å²) in [7, 11) is 1.92. The minimum Gasteiger partial charge on any atom is -0.465 e. The molecule has 2 aliphatic rings. The van der Waals surface area contributed by atoms with Crippen molar-refractivity contribution in [3.63, 3.8) is 0 Å². The number of nitrogens with one attached hydrogen (secondary N) is 2. The molecule has 11 nitrogen and oxygen atoms in total. The Morgan fingerprint density at radius 3 is 3.00 bits per heavy atom. The van der Waals surface area contributed by atoms with Crippen molar-refractivity contribution in [3.05, 3.63) is 29.0 Å². The zero-order chi connectivity index (χ0) is 23.1. The van der Waals surface area contributed by atoms with Gasteiger partial charge in [-0.2, -0.15) is 4.99 Å². The third-order valence-corrected chi connectivity index (χ3v) is 5.05. The number of carboxylic acid groups (broad SMARTS) is 1. The molecule has 172 valence electrons. The molecule has 2 aliphatic heterocycles. The lowest BCUT2D eigenvalue weighted by molar-refractivity contribution is -0.0125. The molecule has 0 radical (unpaired) electrons. The Kier molecular flexibility index (Phi) is 8.12. The van der Waals surface area contributed by atoms with Crippen molar-refractivity contribution in [2.45, 2.75) is 32.4 Å². The Hall–Kier alpha value is -3.05. The number of amidine groups is 3. The molecule has 1 aromatic rings. The highest BCUT2D eigenvalue weighted by Gasteiger charge is 2.29. The first kappa shape index (κ1) is 23.6. The van der Waals surface area contributed by atoms with Gasteiger partial charge in [-0.3, -0.25) is 20.7 Å². The predicted octanol–water partition coefficient (Wildman–Crippen LogP) is 2.08. The van der Waals surface area contributed by atoms with E-state index in [-0.39, 0.29) is 18.5 Å². The van der Waals surface area contributed by atoms with E-state index in [0.717, 1.165) is 31.9 Å². The maximum absolute atomic E-state index is 11.0. The van der Waals surface area contributed by atoms with E-state index in [1.807, 2.05) is 17.3 Å². The number of rotatable bonds is 4. The standard InChI is InChI=1S/C20H27ClN8O3/c1-3-4-15-11-29(5-6-32-15)19-26-16(12-28(19)2)25-18(17(22)27-20(30)31)24-9-13-7-14(21)10-23-8-13/h7-8,10,15H,3-6,9,11-12H2,1-2H3,(H2,22,27)(H,30,31)/t15-/m1/s1. The van der Waals surface area contributed by atoms with Crippen molar-refractivity contribution in [1.29, 1.82) is 5.41 Å². The number of halogens is 1. The molecule has 3 heterocycles. The third kappa shape index (κ3) is 6.47. The van der Waals surface area contributed by atoms with E-state index in [2.05, 4.69) is 31.8 Å². The molecule has 3 rings (SSSR count). The Balaban J connectivity index is 1.81. The molecule has 1 fully saturated rings. The summed E-state index contributed by atoms with van der Waals surface area (Å²) in [5.74, 6) is 0.734. The van der Waals surface area contributed by atoms with Gasteiger partial charge >= 0.3 is 6.09 Å². The Labute approximate surface area is 191 Å². The van der Waals surface area contributed by atoms with E-state index < -0.39 is 11.9 Å². The van der Waals surface area contributed by atoms with Gasteiger partial charge in [0.05, 0.1) is 30.8 Å². The summed E-state index contributed by atoms with van der Waals surface area (Å²) < 4.78 is 5.81. The first-order valence-electron chi connectivity index (χ1n) is 10.3. The third-order valence-electron chi connectivity index (χ3n) is 4.84. The maximum Gasteiger partial charge on any atom is 0.410 e. The molecule has 0 saturated carbocycles. The average molecular weight is 463 g/mol. The second-order valence-electron chi connectivity index (χ2n) is 7.48. The molecule has 1 aromatic heterocycles. The summed E-state index contributed by atoms with van der Waals surface area (Å²) in [5.41, 5.74) is 0.710. The Morgan fingerprint density at radius 1 is 1.47 bits per heavy atom. The fourth-order valence-corrected chi connectivity index (χ4v) is 3.65. The van der Waals surface area contributed by atoms with Crippen molar-refractivity contribution in [2.75, 3.05) is 33.3 Å². The van der Waals surface area contributed by atoms with Crippen LogP contribution in [-0.2, 0) is 11.3 Å². The summed E-state index contributed by atoms with van der Waals surface area (Å²) in [5, 5.41) is 19.5. The normalized spacial score (nSPS) is 20.5. The zero-order valence-corrected chi connectivity index (χ0v) is 18.8. The Morgan fingerprint density at radius 2 is 2.28 bits per heavy atom. The molecule has 1 amide bonds. The van der Waals surface area contributed by atoms with Gasteiger partial charge in [0.1, 0.15) is 0 Å². The topological polar surface area (TPSA) is 139 Å². The van der Waals surface area contributed by atoms with Crippen LogP contribution in [0, 0.1) is 5.41 Å². The van der Waals surface area contributed by atoms with Gasteiger partial charge in [0.2, 0.25) is 5.96 Å². The second kappa shape index (κ2) is 11.0. The molecule has 1 saturated heterocycles. The Bertz CT molecular complexity index is 947. The summed E-state index contributed by atoms with van der Waals surface area (Å²) in [6, 6.07) is 1.70. The van der Waals surface area contributed by atoms with Gasteiger partial charge < -0.3 is 19.6 Å². The van der Waals surface area contributed by atoms with Crippen molar-refractivity contribution < 1.29 is 14.6 Å². The summed E-state index contributed by atoms with van der Waals surface area (Å²) in [6.45, 7) is 4.81. The van der Waals surface area contributed by atoms with Crippen molar-refractivity contribution >= 4 is 41.2 Å². The number of ether oxygens (including phenoxy) is 1. The van der Waals surface area contributed by atoms with E-state index in [9.17, 15) is 4.79 Å². The van der Waals surface area contributed by atoms with Crippen LogP contribution in [0.4, 0.5) is 4.79 Å². The average Bonchev–Trinajstić information content (AvgIpc) is 3.11. The van der Waals surface area contributed by atoms with Crippen LogP contribution in [0.3, 0.4) is 0 Å². The summed E-state index contributed by atoms with van der Waals surface area (Å²) in [4.78, 5) is 32.5. The highest BCUT2D eigenvalue weighted by atomic mass is 35.5. The lowest BCUT2D eigenvalue weighted by Gasteiger charge is -2.35. The van der Waals surface area contributed by atoms with Crippen LogP contribution in [0.25, 0.3) is 0 Å². The lowest BCUT2D eigenvalue weighted by Crippen LogP contribution is -2.49. The highest BCUT2D eigenvalue weighted by Crippen LogP contribution is 2.15. The number of carbonyl (C=O) groups is 1. The summed E-state index contributed by atoms with van der Waals surface area (Å²) in [6.07, 6.45) is 3.94. The number of nitrogens with zero attached hydrogens (tertiary/aromatic N) is 6. The number of guanidine groups is 1. The quantitative estimate of drug-likeness (QED) is 0.462. The van der Waals surface area contributed by atoms with Crippen LogP contribution in [-0.4, -0.2) is 88.8 Å². The summed E-state index contributed by atoms with van der Waals surface area (Å²) >= 11 is 5.96. The molecule has 0 aromatic carbocycles. The van der Waals surface area contributed by atoms with Crippen LogP contribution in [0.2, 0.25) is 5.02 Å². The van der Waals surface area contributed by atoms with E-state index in [4.69, 9.17) is 26.9 Å². The second-order valence-corrected chi connectivity index (χ2v) is 7.92. The highest BCUT2D eigenvalue weighted by molar-refractivity contribution is 6.43. The molecule has 0 aliphatic carbocycles. The minimum atomic E-state index is -1.37. The molecule has 12 heteroatoms. The van der Waals surface area contributed by atoms with Crippen molar-refractivity contribution in [3.8, 4) is 0 Å². The van der Waals surface area contributed by atoms with Crippen LogP contribution < -0.4 is 5.32 Å². The van der Waals surface area contributed by atoms with Crippen molar-refractivity contribution in [2.24, 2.45) is 15.0 Å². The van der Waals surface area contributed by atoms with Gasteiger partial charge in [-0.25, -0.2) is 9.79 Å². The van der Waals surface area contributed by atoms with Gasteiger partial charge in [0.25, 0.3) is 0 Å². The molecule has 0 spiro atoms. The number of hydrogen-bond acceptors (Lipinski definition) is 7. The van der Waals surface area contributed by atoms with Crippen LogP contribution in [0.15, 0.2) is 33.4 Å². The van der Waals surface area contributed by atoms with E-state index >= 15 is 0 Å². The number of pyridine rings is 1. The van der Waals surface area contributed by atoms with Gasteiger partial charge in [-0.1, -0.05) is 24.9 Å². The van der Waals surface area contributed by atoms with Crippen molar-refractivity contribution in [1.82, 2.24) is 20.1 Å². The monoisotopic (exact) mass is 462 g/mol. The molecular weight excluding hydrogens is 436 g/mol. The SMILES string of the molecule is CCC[C@@H]1CN(C2=NC(=NC(=NCc3cncc(Cl)c3)C(=N)NC(=O)O)CN2C)CCO1. The minimum absolute atomic E-state index is 0.0633. The maximum atomic E-state index is 11.0. The first-order valence-corrected chi connectivity index (χ1v) is 10.7. The van der Waals surface area contributed by atoms with Crippen LogP contribution >= 0.6 is 11.6 Å². The van der Waals surface area contributed by atoms with Gasteiger partial charge in [0, 0.05) is 32.5 Å². The van der Waals surface area contributed by atoms with Crippen LogP contribution in [0.5, 0.6) is 0 Å². The number of likely N-dealkylation sites (N-methyl/N-ethyl adjacent to an activating group) is 1. The molecule has 0 unspecified atom stereocenters. The number of morpholine rings is 1. The molecule has 32 heavy (non-hydrogen) atoms. The number of aromatic nitrogens is 1. The molecule has 0 bridgehead atoms. The number of hydrogen-bond donors (Lipinski definition) is 3. The van der Waals surface area contributed by atoms with Crippen LogP contribution in [0.1, 0.15) is 25.3 Å². The fourth-order valence-electron chi connectivity index (χ4n) is 3.45. The largest absolute Gasteiger partial charge is 0.465 e. The van der Waals surface area contributed by atoms with Gasteiger partial charge in [-0.15, -0.1) is 0 Å². The predicted molar refractivity (Wildman–Crippen MR) is 123 cm³/mol. The number of aliphatic imine (C=N–C) groups is 3.